The van der Waals surface area contributed by atoms with Crippen molar-refractivity contribution >= 4 is 17.0 Å². The van der Waals surface area contributed by atoms with Gasteiger partial charge in [0.15, 0.2) is 0 Å². The molecule has 17 heavy (non-hydrogen) atoms. The van der Waals surface area contributed by atoms with Crippen LogP contribution in [0.4, 0.5) is 5.69 Å². The molecule has 0 saturated carbocycles. The predicted octanol–water partition coefficient (Wildman–Crippen LogP) is 3.46. The first-order valence-corrected chi connectivity index (χ1v) is 6.58. The predicted molar refractivity (Wildman–Crippen MR) is 71.8 cm³/mol. The lowest BCUT2D eigenvalue weighted by Crippen LogP contribution is -2.03. The number of anilines is 1. The number of nitrogens with zero attached hydrogens (tertiary/aromatic N) is 1. The molecule has 0 bridgehead atoms. The molecule has 0 aliphatic heterocycles. The van der Waals surface area contributed by atoms with Crippen LogP contribution in [0.2, 0.25) is 0 Å². The van der Waals surface area contributed by atoms with Crippen molar-refractivity contribution in [2.45, 2.75) is 20.4 Å². The molecule has 0 radical (unpaired) electrons. The summed E-state index contributed by atoms with van der Waals surface area (Å²) in [7, 11) is 0. The molecule has 0 unspecified atom stereocenters. The molecule has 0 aliphatic rings. The van der Waals surface area contributed by atoms with Gasteiger partial charge in [0.25, 0.3) is 0 Å². The Kier molecular flexibility index (Phi) is 3.98. The number of hydrogen-bond donors (Lipinski definition) is 1. The van der Waals surface area contributed by atoms with Gasteiger partial charge in [-0.1, -0.05) is 6.07 Å². The number of benzene rings is 1. The van der Waals surface area contributed by atoms with Gasteiger partial charge in [0.1, 0.15) is 5.75 Å². The maximum absolute atomic E-state index is 5.61. The molecule has 0 amide bonds. The van der Waals surface area contributed by atoms with Crippen LogP contribution >= 0.6 is 11.3 Å². The van der Waals surface area contributed by atoms with Gasteiger partial charge in [-0.25, -0.2) is 4.98 Å². The summed E-state index contributed by atoms with van der Waals surface area (Å²) in [5.74, 6) is 0.905. The zero-order valence-corrected chi connectivity index (χ0v) is 10.9. The number of ether oxygens (including phenoxy) is 1. The zero-order valence-electron chi connectivity index (χ0n) is 10.1. The summed E-state index contributed by atoms with van der Waals surface area (Å²) < 4.78 is 5.61. The van der Waals surface area contributed by atoms with E-state index in [2.05, 4.69) is 23.3 Å². The van der Waals surface area contributed by atoms with E-state index in [0.717, 1.165) is 23.7 Å². The van der Waals surface area contributed by atoms with E-state index in [1.165, 1.54) is 5.56 Å². The van der Waals surface area contributed by atoms with Crippen molar-refractivity contribution in [3.8, 4) is 5.75 Å². The molecule has 0 saturated heterocycles. The van der Waals surface area contributed by atoms with E-state index in [-0.39, 0.29) is 0 Å². The van der Waals surface area contributed by atoms with Crippen LogP contribution in [0.5, 0.6) is 5.75 Å². The molecule has 4 heteroatoms. The highest BCUT2D eigenvalue weighted by Crippen LogP contribution is 2.26. The van der Waals surface area contributed by atoms with Gasteiger partial charge in [0.05, 0.1) is 30.0 Å². The second-order valence-corrected chi connectivity index (χ2v) is 4.48. The Morgan fingerprint density at radius 1 is 1.41 bits per heavy atom. The Morgan fingerprint density at radius 3 is 3.00 bits per heavy atom. The fourth-order valence-electron chi connectivity index (χ4n) is 1.56. The van der Waals surface area contributed by atoms with Crippen molar-refractivity contribution in [3.05, 3.63) is 40.3 Å². The van der Waals surface area contributed by atoms with Crippen LogP contribution in [0.3, 0.4) is 0 Å². The SMILES string of the molecule is CCOc1cc(C)ccc1NCc1cscn1. The van der Waals surface area contributed by atoms with Gasteiger partial charge in [0.2, 0.25) is 0 Å². The largest absolute Gasteiger partial charge is 0.492 e. The van der Waals surface area contributed by atoms with Gasteiger partial charge >= 0.3 is 0 Å². The number of nitrogens with one attached hydrogen (secondary N) is 1. The van der Waals surface area contributed by atoms with Gasteiger partial charge in [-0.15, -0.1) is 11.3 Å². The average Bonchev–Trinajstić information content (AvgIpc) is 2.81. The maximum Gasteiger partial charge on any atom is 0.142 e. The van der Waals surface area contributed by atoms with E-state index in [0.29, 0.717) is 6.61 Å². The van der Waals surface area contributed by atoms with E-state index < -0.39 is 0 Å². The normalized spacial score (nSPS) is 10.2. The Bertz CT molecular complexity index is 468. The van der Waals surface area contributed by atoms with Gasteiger partial charge in [-0.05, 0) is 31.5 Å². The zero-order chi connectivity index (χ0) is 12.1. The highest BCUT2D eigenvalue weighted by Gasteiger charge is 2.04. The maximum atomic E-state index is 5.61. The van der Waals surface area contributed by atoms with E-state index >= 15 is 0 Å². The third-order valence-electron chi connectivity index (χ3n) is 2.38. The molecule has 0 atom stereocenters. The summed E-state index contributed by atoms with van der Waals surface area (Å²) in [5, 5.41) is 5.39. The molecule has 1 heterocycles. The van der Waals surface area contributed by atoms with Gasteiger partial charge in [-0.3, -0.25) is 0 Å². The fraction of sp³-hybridized carbons (Fsp3) is 0.308. The molecule has 2 rings (SSSR count). The molecule has 3 nitrogen and oxygen atoms in total. The van der Waals surface area contributed by atoms with Crippen molar-refractivity contribution in [1.82, 2.24) is 4.98 Å². The number of aryl methyl sites for hydroxylation is 1. The molecular formula is C13H16N2OS. The summed E-state index contributed by atoms with van der Waals surface area (Å²) in [6, 6.07) is 6.17. The summed E-state index contributed by atoms with van der Waals surface area (Å²) >= 11 is 1.61. The van der Waals surface area contributed by atoms with Crippen LogP contribution in [-0.4, -0.2) is 11.6 Å². The second kappa shape index (κ2) is 5.68. The quantitative estimate of drug-likeness (QED) is 0.879. The van der Waals surface area contributed by atoms with Crippen molar-refractivity contribution in [3.63, 3.8) is 0 Å². The van der Waals surface area contributed by atoms with Crippen LogP contribution in [0.15, 0.2) is 29.1 Å². The van der Waals surface area contributed by atoms with E-state index in [1.54, 1.807) is 11.3 Å². The highest BCUT2D eigenvalue weighted by molar-refractivity contribution is 7.07. The molecule has 0 spiro atoms. The molecule has 2 aromatic rings. The van der Waals surface area contributed by atoms with Crippen LogP contribution in [0.25, 0.3) is 0 Å². The molecule has 1 aromatic carbocycles. The average molecular weight is 248 g/mol. The molecule has 0 fully saturated rings. The Labute approximate surface area is 105 Å². The second-order valence-electron chi connectivity index (χ2n) is 3.77. The first-order valence-electron chi connectivity index (χ1n) is 5.64. The minimum Gasteiger partial charge on any atom is -0.492 e. The topological polar surface area (TPSA) is 34.1 Å². The summed E-state index contributed by atoms with van der Waals surface area (Å²) in [4.78, 5) is 4.24. The summed E-state index contributed by atoms with van der Waals surface area (Å²) in [6.45, 7) is 5.46. The molecular weight excluding hydrogens is 232 g/mol. The van der Waals surface area contributed by atoms with E-state index in [4.69, 9.17) is 4.74 Å². The molecule has 1 N–H and O–H groups in total. The number of hydrogen-bond acceptors (Lipinski definition) is 4. The molecule has 90 valence electrons. The lowest BCUT2D eigenvalue weighted by Gasteiger charge is -2.12. The minimum absolute atomic E-state index is 0.675. The molecule has 1 aromatic heterocycles. The van der Waals surface area contributed by atoms with Gasteiger partial charge in [0, 0.05) is 5.38 Å². The summed E-state index contributed by atoms with van der Waals surface area (Å²) in [6.07, 6.45) is 0. The van der Waals surface area contributed by atoms with Crippen molar-refractivity contribution in [2.75, 3.05) is 11.9 Å². The van der Waals surface area contributed by atoms with Crippen LogP contribution in [0.1, 0.15) is 18.2 Å². The lowest BCUT2D eigenvalue weighted by atomic mass is 10.2. The minimum atomic E-state index is 0.675. The van der Waals surface area contributed by atoms with Gasteiger partial charge in [-0.2, -0.15) is 0 Å². The van der Waals surface area contributed by atoms with Crippen molar-refractivity contribution in [2.24, 2.45) is 0 Å². The Morgan fingerprint density at radius 2 is 2.29 bits per heavy atom. The number of thiazole rings is 1. The molecule has 0 aliphatic carbocycles. The van der Waals surface area contributed by atoms with E-state index in [1.807, 2.05) is 29.9 Å². The lowest BCUT2D eigenvalue weighted by molar-refractivity contribution is 0.341. The third-order valence-corrected chi connectivity index (χ3v) is 3.02. The fourth-order valence-corrected chi connectivity index (χ4v) is 2.12. The monoisotopic (exact) mass is 248 g/mol. The highest BCUT2D eigenvalue weighted by atomic mass is 32.1. The van der Waals surface area contributed by atoms with Gasteiger partial charge < -0.3 is 10.1 Å². The van der Waals surface area contributed by atoms with Crippen LogP contribution in [-0.2, 0) is 6.54 Å². The van der Waals surface area contributed by atoms with E-state index in [9.17, 15) is 0 Å². The van der Waals surface area contributed by atoms with Crippen molar-refractivity contribution < 1.29 is 4.74 Å². The Hall–Kier alpha value is -1.55. The van der Waals surface area contributed by atoms with Crippen LogP contribution < -0.4 is 10.1 Å². The first-order chi connectivity index (χ1) is 8.29. The summed E-state index contributed by atoms with van der Waals surface area (Å²) in [5.41, 5.74) is 5.12. The van der Waals surface area contributed by atoms with Crippen LogP contribution in [0, 0.1) is 6.92 Å². The Balaban J connectivity index is 2.08. The number of aromatic nitrogens is 1. The number of rotatable bonds is 5. The smallest absolute Gasteiger partial charge is 0.142 e. The standard InChI is InChI=1S/C13H16N2OS/c1-3-16-13-6-10(2)4-5-12(13)14-7-11-8-17-9-15-11/h4-6,8-9,14H,3,7H2,1-2H3. The van der Waals surface area contributed by atoms with Crippen molar-refractivity contribution in [1.29, 1.82) is 0 Å². The third kappa shape index (κ3) is 3.20. The first kappa shape index (κ1) is 11.9.